The van der Waals surface area contributed by atoms with E-state index in [1.807, 2.05) is 0 Å². The van der Waals surface area contributed by atoms with E-state index in [9.17, 15) is 36.4 Å². The van der Waals surface area contributed by atoms with Gasteiger partial charge in [0, 0.05) is 66.5 Å². The van der Waals surface area contributed by atoms with Gasteiger partial charge >= 0.3 is 6.18 Å². The number of benzene rings is 1. The van der Waals surface area contributed by atoms with Crippen LogP contribution in [-0.4, -0.2) is 87.4 Å². The number of likely N-dealkylation sites (tertiary alicyclic amines) is 1. The molecule has 1 aliphatic rings. The number of fused-ring (bicyclic) bond motifs is 2. The van der Waals surface area contributed by atoms with Gasteiger partial charge in [-0.05, 0) is 50.1 Å². The Morgan fingerprint density at radius 2 is 1.90 bits per heavy atom. The highest BCUT2D eigenvalue weighted by Gasteiger charge is 2.34. The summed E-state index contributed by atoms with van der Waals surface area (Å²) in [6.45, 7) is 0.996. The molecule has 20 heteroatoms. The number of anilines is 1. The molecule has 7 rings (SSSR count). The number of sulfonamides is 1. The number of carbonyl (C=O) groups is 1. The summed E-state index contributed by atoms with van der Waals surface area (Å²) in [6, 6.07) is 9.98. The molecule has 6 aromatic rings. The lowest BCUT2D eigenvalue weighted by atomic mass is 10.00. The molecule has 0 radical (unpaired) electrons. The number of hydrogen-bond donors (Lipinski definition) is 1. The molecular weight excluding hydrogens is 817 g/mol. The maximum absolute atomic E-state index is 14.1. The summed E-state index contributed by atoms with van der Waals surface area (Å²) in [4.78, 5) is 43.8. The average Bonchev–Trinajstić information content (AvgIpc) is 3.82. The predicted octanol–water partition coefficient (Wildman–Crippen LogP) is 5.27. The Balaban J connectivity index is 1.18. The number of alkyl halides is 3. The fraction of sp³-hybridized carbons (Fsp3) is 0.289. The molecule has 0 unspecified atom stereocenters. The number of pyridine rings is 2. The quantitative estimate of drug-likeness (QED) is 0.198. The van der Waals surface area contributed by atoms with Gasteiger partial charge in [-0.2, -0.15) is 31.9 Å². The highest BCUT2D eigenvalue weighted by molar-refractivity contribution is 7.90. The first-order valence-corrected chi connectivity index (χ1v) is 20.3. The smallest absolute Gasteiger partial charge is 0.355 e. The van der Waals surface area contributed by atoms with E-state index in [1.54, 1.807) is 43.1 Å². The van der Waals surface area contributed by atoms with Gasteiger partial charge in [-0.15, -0.1) is 11.3 Å². The first kappa shape index (κ1) is 40.3. The molecular formula is C38H32ClF3N10O4S2. The third-order valence-corrected chi connectivity index (χ3v) is 12.5. The second kappa shape index (κ2) is 15.8. The molecule has 1 aliphatic heterocycles. The Hall–Kier alpha value is -5.86. The Morgan fingerprint density at radius 1 is 1.14 bits per heavy atom. The van der Waals surface area contributed by atoms with Crippen molar-refractivity contribution >= 4 is 65.8 Å². The van der Waals surface area contributed by atoms with Crippen LogP contribution in [0.3, 0.4) is 0 Å². The zero-order chi connectivity index (χ0) is 41.5. The minimum atomic E-state index is -4.29. The SMILES string of the molecule is Cc1nc2cnc(N(C)C3CCN(CC(F)(F)F)CC3)c(C#N)c2c(=O)n1CC#Cc1ccc(Cl)cc1-c1ccnc2c(C(=O)NS(=O)(=O)c3ccnn3C)csc12. The van der Waals surface area contributed by atoms with Crippen LogP contribution in [0.4, 0.5) is 19.0 Å². The Bertz CT molecular complexity index is 2890. The van der Waals surface area contributed by atoms with Crippen molar-refractivity contribution in [2.45, 2.75) is 43.6 Å². The molecule has 298 valence electrons. The molecule has 0 atom stereocenters. The Morgan fingerprint density at radius 3 is 2.59 bits per heavy atom. The molecule has 6 heterocycles. The van der Waals surface area contributed by atoms with Gasteiger partial charge in [-0.25, -0.2) is 14.7 Å². The van der Waals surface area contributed by atoms with Gasteiger partial charge in [-0.3, -0.25) is 28.7 Å². The lowest BCUT2D eigenvalue weighted by Crippen LogP contribution is -2.46. The number of hydrogen-bond acceptors (Lipinski definition) is 12. The van der Waals surface area contributed by atoms with Crippen LogP contribution >= 0.6 is 22.9 Å². The predicted molar refractivity (Wildman–Crippen MR) is 212 cm³/mol. The van der Waals surface area contributed by atoms with Crippen molar-refractivity contribution in [1.29, 1.82) is 5.26 Å². The van der Waals surface area contributed by atoms with Gasteiger partial charge in [0.15, 0.2) is 5.03 Å². The van der Waals surface area contributed by atoms with E-state index in [0.29, 0.717) is 45.1 Å². The summed E-state index contributed by atoms with van der Waals surface area (Å²) < 4.78 is 69.8. The fourth-order valence-electron chi connectivity index (χ4n) is 6.98. The van der Waals surface area contributed by atoms with Gasteiger partial charge in [0.25, 0.3) is 21.5 Å². The largest absolute Gasteiger partial charge is 0.401 e. The van der Waals surface area contributed by atoms with Crippen LogP contribution in [0, 0.1) is 30.1 Å². The third-order valence-electron chi connectivity index (χ3n) is 9.83. The van der Waals surface area contributed by atoms with Crippen LogP contribution < -0.4 is 15.2 Å². The maximum Gasteiger partial charge on any atom is 0.401 e. The molecule has 0 spiro atoms. The van der Waals surface area contributed by atoms with Crippen LogP contribution in [0.5, 0.6) is 0 Å². The molecule has 1 N–H and O–H groups in total. The summed E-state index contributed by atoms with van der Waals surface area (Å²) in [5.74, 6) is 5.86. The van der Waals surface area contributed by atoms with E-state index >= 15 is 0 Å². The number of nitriles is 1. The normalized spacial score (nSPS) is 14.0. The van der Waals surface area contributed by atoms with E-state index in [2.05, 4.69) is 42.7 Å². The summed E-state index contributed by atoms with van der Waals surface area (Å²) in [7, 11) is -1.07. The van der Waals surface area contributed by atoms with Crippen molar-refractivity contribution < 1.29 is 26.4 Å². The monoisotopic (exact) mass is 848 g/mol. The van der Waals surface area contributed by atoms with Crippen LogP contribution in [0.2, 0.25) is 5.02 Å². The lowest BCUT2D eigenvalue weighted by Gasteiger charge is -2.37. The number of thiophene rings is 1. The lowest BCUT2D eigenvalue weighted by molar-refractivity contribution is -0.147. The summed E-state index contributed by atoms with van der Waals surface area (Å²) in [5, 5.41) is 15.9. The van der Waals surface area contributed by atoms with Crippen LogP contribution in [0.25, 0.3) is 32.2 Å². The number of aromatic nitrogens is 6. The van der Waals surface area contributed by atoms with Crippen molar-refractivity contribution in [3.63, 3.8) is 0 Å². The van der Waals surface area contributed by atoms with E-state index in [-0.39, 0.29) is 64.1 Å². The highest BCUT2D eigenvalue weighted by atomic mass is 35.5. The second-order valence-electron chi connectivity index (χ2n) is 13.5. The van der Waals surface area contributed by atoms with E-state index < -0.39 is 34.2 Å². The Labute approximate surface area is 338 Å². The zero-order valence-electron chi connectivity index (χ0n) is 31.0. The Kier molecular flexibility index (Phi) is 11.0. The molecule has 1 aromatic carbocycles. The van der Waals surface area contributed by atoms with Gasteiger partial charge in [0.2, 0.25) is 0 Å². The number of carbonyl (C=O) groups excluding carboxylic acids is 1. The molecule has 58 heavy (non-hydrogen) atoms. The van der Waals surface area contributed by atoms with Crippen molar-refractivity contribution in [1.82, 2.24) is 38.9 Å². The zero-order valence-corrected chi connectivity index (χ0v) is 33.4. The number of aryl methyl sites for hydroxylation is 2. The molecule has 1 amide bonds. The van der Waals surface area contributed by atoms with Crippen molar-refractivity contribution in [2.24, 2.45) is 7.05 Å². The van der Waals surface area contributed by atoms with E-state index in [1.165, 1.54) is 57.9 Å². The molecule has 0 bridgehead atoms. The first-order chi connectivity index (χ1) is 27.6. The molecule has 5 aromatic heterocycles. The number of amides is 1. The van der Waals surface area contributed by atoms with Crippen molar-refractivity contribution in [3.8, 4) is 29.0 Å². The first-order valence-electron chi connectivity index (χ1n) is 17.6. The van der Waals surface area contributed by atoms with Crippen LogP contribution in [-0.2, 0) is 23.6 Å². The number of halogens is 4. The molecule has 1 fully saturated rings. The third kappa shape index (κ3) is 7.98. The topological polar surface area (TPSA) is 172 Å². The minimum absolute atomic E-state index is 0.0113. The van der Waals surface area contributed by atoms with Gasteiger partial charge in [-0.1, -0.05) is 23.4 Å². The fourth-order valence-corrected chi connectivity index (χ4v) is 9.28. The van der Waals surface area contributed by atoms with E-state index in [4.69, 9.17) is 11.6 Å². The van der Waals surface area contributed by atoms with Gasteiger partial charge in [0.1, 0.15) is 23.3 Å². The maximum atomic E-state index is 14.1. The molecule has 1 saturated heterocycles. The minimum Gasteiger partial charge on any atom is -0.355 e. The van der Waals surface area contributed by atoms with E-state index in [0.717, 1.165) is 4.68 Å². The van der Waals surface area contributed by atoms with Gasteiger partial charge < -0.3 is 4.90 Å². The molecule has 14 nitrogen and oxygen atoms in total. The summed E-state index contributed by atoms with van der Waals surface area (Å²) >= 11 is 7.64. The number of piperidine rings is 1. The summed E-state index contributed by atoms with van der Waals surface area (Å²) in [6.07, 6.45) is 0.751. The summed E-state index contributed by atoms with van der Waals surface area (Å²) in [5.41, 5.74) is 1.80. The van der Waals surface area contributed by atoms with Crippen molar-refractivity contribution in [3.05, 3.63) is 92.2 Å². The van der Waals surface area contributed by atoms with Crippen molar-refractivity contribution in [2.75, 3.05) is 31.6 Å². The van der Waals surface area contributed by atoms with Gasteiger partial charge in [0.05, 0.1) is 52.2 Å². The standard InChI is InChI=1S/C38H32ClF3N10O4S2/c1-22-47-30-19-45-35(49(2)25-10-15-51(16-11-25)21-38(40,41)42)28(18-43)32(30)37(54)52(22)14-4-5-23-6-7-24(39)17-27(23)26-8-12-44-33-29(20-57-34(26)33)36(53)48-58(55,56)31-9-13-46-50(31)3/h6-9,12-13,17,19-20,25H,10-11,14-16,21H2,1-3H3,(H,48,53). The molecule has 0 aliphatic carbocycles. The van der Waals surface area contributed by atoms with Crippen LogP contribution in [0.15, 0.2) is 64.1 Å². The average molecular weight is 849 g/mol. The number of nitrogens with zero attached hydrogens (tertiary/aromatic N) is 9. The molecule has 0 saturated carbocycles. The number of rotatable bonds is 8. The second-order valence-corrected chi connectivity index (χ2v) is 16.5. The number of nitrogens with one attached hydrogen (secondary N) is 1. The highest BCUT2D eigenvalue weighted by Crippen LogP contribution is 2.37. The van der Waals surface area contributed by atoms with Crippen LogP contribution in [0.1, 0.15) is 40.2 Å².